The van der Waals surface area contributed by atoms with Crippen molar-refractivity contribution < 1.29 is 0 Å². The van der Waals surface area contributed by atoms with E-state index in [1.165, 1.54) is 5.56 Å². The molecule has 20 heavy (non-hydrogen) atoms. The number of pyridine rings is 1. The van der Waals surface area contributed by atoms with Crippen molar-refractivity contribution in [2.45, 2.75) is 13.0 Å². The molecule has 1 unspecified atom stereocenters. The van der Waals surface area contributed by atoms with Crippen LogP contribution in [0, 0.1) is 6.92 Å². The molecule has 3 heteroatoms. The van der Waals surface area contributed by atoms with E-state index in [0.29, 0.717) is 0 Å². The van der Waals surface area contributed by atoms with Crippen LogP contribution in [0.4, 0.5) is 0 Å². The predicted molar refractivity (Wildman–Crippen MR) is 86.7 cm³/mol. The van der Waals surface area contributed by atoms with Crippen molar-refractivity contribution >= 4 is 26.8 Å². The van der Waals surface area contributed by atoms with E-state index in [1.54, 1.807) is 0 Å². The lowest BCUT2D eigenvalue weighted by Gasteiger charge is -2.17. The van der Waals surface area contributed by atoms with Gasteiger partial charge in [-0.05, 0) is 47.9 Å². The summed E-state index contributed by atoms with van der Waals surface area (Å²) >= 11 is 3.49. The standard InChI is InChI=1S/C17H15BrN2/c1-11-10-12(18)7-8-13(11)17(19)15-4-2-6-16-14(15)5-3-9-20-16/h2-10,17H,19H2,1H3. The van der Waals surface area contributed by atoms with Crippen molar-refractivity contribution in [3.63, 3.8) is 0 Å². The molecule has 2 nitrogen and oxygen atoms in total. The fourth-order valence-corrected chi connectivity index (χ4v) is 3.03. The zero-order chi connectivity index (χ0) is 14.1. The molecule has 1 heterocycles. The highest BCUT2D eigenvalue weighted by Gasteiger charge is 2.14. The number of hydrogen-bond donors (Lipinski definition) is 1. The van der Waals surface area contributed by atoms with Crippen LogP contribution in [0.25, 0.3) is 10.9 Å². The van der Waals surface area contributed by atoms with Crippen molar-refractivity contribution in [2.75, 3.05) is 0 Å². The summed E-state index contributed by atoms with van der Waals surface area (Å²) in [6, 6.07) is 16.2. The van der Waals surface area contributed by atoms with Crippen molar-refractivity contribution in [1.29, 1.82) is 0 Å². The van der Waals surface area contributed by atoms with Crippen molar-refractivity contribution in [2.24, 2.45) is 5.73 Å². The van der Waals surface area contributed by atoms with Crippen molar-refractivity contribution in [3.05, 3.63) is 75.9 Å². The number of benzene rings is 2. The first kappa shape index (κ1) is 13.3. The van der Waals surface area contributed by atoms with E-state index in [9.17, 15) is 0 Å². The minimum Gasteiger partial charge on any atom is -0.320 e. The summed E-state index contributed by atoms with van der Waals surface area (Å²) in [7, 11) is 0. The quantitative estimate of drug-likeness (QED) is 0.760. The second kappa shape index (κ2) is 5.35. The van der Waals surface area contributed by atoms with Gasteiger partial charge in [-0.15, -0.1) is 0 Å². The Morgan fingerprint density at radius 2 is 1.90 bits per heavy atom. The third-order valence-electron chi connectivity index (χ3n) is 3.58. The fourth-order valence-electron chi connectivity index (χ4n) is 2.55. The Labute approximate surface area is 126 Å². The molecule has 0 aliphatic carbocycles. The van der Waals surface area contributed by atoms with E-state index in [0.717, 1.165) is 26.5 Å². The van der Waals surface area contributed by atoms with Crippen LogP contribution in [0.1, 0.15) is 22.7 Å². The minimum absolute atomic E-state index is 0.143. The molecule has 1 aromatic heterocycles. The van der Waals surface area contributed by atoms with Crippen LogP contribution < -0.4 is 5.73 Å². The van der Waals surface area contributed by atoms with Crippen LogP contribution >= 0.6 is 15.9 Å². The fraction of sp³-hybridized carbons (Fsp3) is 0.118. The van der Waals surface area contributed by atoms with Gasteiger partial charge in [0.15, 0.2) is 0 Å². The summed E-state index contributed by atoms with van der Waals surface area (Å²) in [4.78, 5) is 4.39. The predicted octanol–water partition coefficient (Wildman–Crippen LogP) is 4.35. The Bertz CT molecular complexity index is 763. The highest BCUT2D eigenvalue weighted by atomic mass is 79.9. The maximum absolute atomic E-state index is 6.49. The van der Waals surface area contributed by atoms with Crippen LogP contribution in [-0.2, 0) is 0 Å². The van der Waals surface area contributed by atoms with Crippen LogP contribution in [0.5, 0.6) is 0 Å². The lowest BCUT2D eigenvalue weighted by Crippen LogP contribution is -2.13. The monoisotopic (exact) mass is 326 g/mol. The summed E-state index contributed by atoms with van der Waals surface area (Å²) in [5.74, 6) is 0. The number of nitrogens with two attached hydrogens (primary N) is 1. The number of nitrogens with zero attached hydrogens (tertiary/aromatic N) is 1. The lowest BCUT2D eigenvalue weighted by molar-refractivity contribution is 0.869. The highest BCUT2D eigenvalue weighted by Crippen LogP contribution is 2.29. The molecule has 0 fully saturated rings. The average Bonchev–Trinajstić information content (AvgIpc) is 2.46. The smallest absolute Gasteiger partial charge is 0.0705 e. The topological polar surface area (TPSA) is 38.9 Å². The summed E-state index contributed by atoms with van der Waals surface area (Å²) in [6.45, 7) is 2.09. The second-order valence-electron chi connectivity index (χ2n) is 4.90. The molecular weight excluding hydrogens is 312 g/mol. The molecule has 0 aliphatic rings. The van der Waals surface area contributed by atoms with Gasteiger partial charge in [-0.2, -0.15) is 0 Å². The van der Waals surface area contributed by atoms with E-state index >= 15 is 0 Å². The first-order chi connectivity index (χ1) is 9.66. The van der Waals surface area contributed by atoms with Gasteiger partial charge >= 0.3 is 0 Å². The maximum Gasteiger partial charge on any atom is 0.0705 e. The van der Waals surface area contributed by atoms with Gasteiger partial charge in [0.1, 0.15) is 0 Å². The zero-order valence-electron chi connectivity index (χ0n) is 11.2. The van der Waals surface area contributed by atoms with Gasteiger partial charge in [0.2, 0.25) is 0 Å². The largest absolute Gasteiger partial charge is 0.320 e. The molecular formula is C17H15BrN2. The molecule has 100 valence electrons. The average molecular weight is 327 g/mol. The minimum atomic E-state index is -0.143. The van der Waals surface area contributed by atoms with Gasteiger partial charge in [-0.25, -0.2) is 0 Å². The summed E-state index contributed by atoms with van der Waals surface area (Å²) < 4.78 is 1.07. The van der Waals surface area contributed by atoms with E-state index in [1.807, 2.05) is 30.5 Å². The van der Waals surface area contributed by atoms with Gasteiger partial charge in [0.25, 0.3) is 0 Å². The lowest BCUT2D eigenvalue weighted by atomic mass is 9.93. The maximum atomic E-state index is 6.49. The number of aromatic nitrogens is 1. The number of halogens is 1. The Morgan fingerprint density at radius 1 is 1.05 bits per heavy atom. The van der Waals surface area contributed by atoms with E-state index < -0.39 is 0 Å². The van der Waals surface area contributed by atoms with E-state index in [-0.39, 0.29) is 6.04 Å². The normalized spacial score (nSPS) is 12.6. The molecule has 3 aromatic rings. The molecule has 1 atom stereocenters. The molecule has 3 rings (SSSR count). The van der Waals surface area contributed by atoms with Gasteiger partial charge in [0.05, 0.1) is 11.6 Å². The van der Waals surface area contributed by atoms with Gasteiger partial charge in [-0.1, -0.05) is 40.2 Å². The summed E-state index contributed by atoms with van der Waals surface area (Å²) in [6.07, 6.45) is 1.81. The molecule has 0 bridgehead atoms. The van der Waals surface area contributed by atoms with Crippen LogP contribution in [0.3, 0.4) is 0 Å². The van der Waals surface area contributed by atoms with Gasteiger partial charge in [-0.3, -0.25) is 4.98 Å². The molecule has 0 saturated carbocycles. The molecule has 2 N–H and O–H groups in total. The summed E-state index contributed by atoms with van der Waals surface area (Å²) in [5, 5.41) is 1.12. The van der Waals surface area contributed by atoms with Crippen molar-refractivity contribution in [3.8, 4) is 0 Å². The Kier molecular flexibility index (Phi) is 3.55. The third kappa shape index (κ3) is 2.35. The molecule has 0 spiro atoms. The molecule has 0 aliphatic heterocycles. The Morgan fingerprint density at radius 3 is 2.70 bits per heavy atom. The number of fused-ring (bicyclic) bond motifs is 1. The van der Waals surface area contributed by atoms with E-state index in [4.69, 9.17) is 5.73 Å². The van der Waals surface area contributed by atoms with Gasteiger partial charge in [0, 0.05) is 16.1 Å². The van der Waals surface area contributed by atoms with Crippen LogP contribution in [0.15, 0.2) is 59.2 Å². The van der Waals surface area contributed by atoms with E-state index in [2.05, 4.69) is 52.1 Å². The molecule has 2 aromatic carbocycles. The first-order valence-corrected chi connectivity index (χ1v) is 7.31. The number of hydrogen-bond acceptors (Lipinski definition) is 2. The van der Waals surface area contributed by atoms with Gasteiger partial charge < -0.3 is 5.73 Å². The Balaban J connectivity index is 2.15. The van der Waals surface area contributed by atoms with Crippen LogP contribution in [0.2, 0.25) is 0 Å². The number of rotatable bonds is 2. The second-order valence-corrected chi connectivity index (χ2v) is 5.81. The van der Waals surface area contributed by atoms with Crippen molar-refractivity contribution in [1.82, 2.24) is 4.98 Å². The summed E-state index contributed by atoms with van der Waals surface area (Å²) in [5.41, 5.74) is 10.9. The van der Waals surface area contributed by atoms with Crippen LogP contribution in [-0.4, -0.2) is 4.98 Å². The zero-order valence-corrected chi connectivity index (χ0v) is 12.8. The molecule has 0 amide bonds. The molecule has 0 saturated heterocycles. The highest BCUT2D eigenvalue weighted by molar-refractivity contribution is 9.10. The first-order valence-electron chi connectivity index (χ1n) is 6.52. The Hall–Kier alpha value is -1.71. The SMILES string of the molecule is Cc1cc(Br)ccc1C(N)c1cccc2ncccc12. The third-order valence-corrected chi connectivity index (χ3v) is 4.07. The molecule has 0 radical (unpaired) electrons. The number of aryl methyl sites for hydroxylation is 1.